The second kappa shape index (κ2) is 7.07. The van der Waals surface area contributed by atoms with Crippen LogP contribution in [0.2, 0.25) is 0 Å². The SMILES string of the molecule is Cc1ccc(NCC(=O)NNC(=O)CC23C[C@@H]4C[C@@H](CC(O)(C4)C2)C3)c(C)c1. The zero-order valence-electron chi connectivity index (χ0n) is 16.8. The summed E-state index contributed by atoms with van der Waals surface area (Å²) < 4.78 is 0. The molecule has 0 saturated heterocycles. The van der Waals surface area contributed by atoms with Gasteiger partial charge in [0.25, 0.3) is 5.91 Å². The van der Waals surface area contributed by atoms with E-state index in [4.69, 9.17) is 0 Å². The van der Waals surface area contributed by atoms with Gasteiger partial charge in [0, 0.05) is 12.1 Å². The maximum Gasteiger partial charge on any atom is 0.257 e. The molecule has 2 amide bonds. The largest absolute Gasteiger partial charge is 0.390 e. The average molecular weight is 386 g/mol. The van der Waals surface area contributed by atoms with Crippen LogP contribution in [0.5, 0.6) is 0 Å². The summed E-state index contributed by atoms with van der Waals surface area (Å²) >= 11 is 0. The summed E-state index contributed by atoms with van der Waals surface area (Å²) in [6.45, 7) is 4.12. The molecule has 0 spiro atoms. The fourth-order valence-corrected chi connectivity index (χ4v) is 6.36. The highest BCUT2D eigenvalue weighted by Gasteiger charge is 2.57. The van der Waals surface area contributed by atoms with E-state index in [0.717, 1.165) is 43.4 Å². The van der Waals surface area contributed by atoms with E-state index in [9.17, 15) is 14.7 Å². The zero-order valence-corrected chi connectivity index (χ0v) is 16.8. The fraction of sp³-hybridized carbons (Fsp3) is 0.636. The first-order chi connectivity index (χ1) is 13.2. The van der Waals surface area contributed by atoms with Crippen LogP contribution in [0, 0.1) is 31.1 Å². The number of nitrogens with one attached hydrogen (secondary N) is 3. The van der Waals surface area contributed by atoms with Gasteiger partial charge in [0.2, 0.25) is 5.91 Å². The second-order valence-corrected chi connectivity index (χ2v) is 9.63. The predicted octanol–water partition coefficient (Wildman–Crippen LogP) is 2.58. The van der Waals surface area contributed by atoms with Crippen LogP contribution < -0.4 is 16.2 Å². The van der Waals surface area contributed by atoms with Crippen LogP contribution in [0.15, 0.2) is 18.2 Å². The van der Waals surface area contributed by atoms with Gasteiger partial charge in [-0.05, 0) is 81.3 Å². The van der Waals surface area contributed by atoms with Crippen molar-refractivity contribution in [2.24, 2.45) is 17.3 Å². The number of carbonyl (C=O) groups excluding carboxylic acids is 2. The normalized spacial score (nSPS) is 32.8. The summed E-state index contributed by atoms with van der Waals surface area (Å²) in [7, 11) is 0. The highest BCUT2D eigenvalue weighted by Crippen LogP contribution is 2.62. The molecule has 2 unspecified atom stereocenters. The molecule has 4 bridgehead atoms. The first kappa shape index (κ1) is 19.2. The molecule has 4 aliphatic carbocycles. The maximum atomic E-state index is 12.5. The van der Waals surface area contributed by atoms with E-state index in [1.54, 1.807) is 0 Å². The van der Waals surface area contributed by atoms with Crippen LogP contribution >= 0.6 is 0 Å². The molecular formula is C22H31N3O3. The van der Waals surface area contributed by atoms with Gasteiger partial charge in [-0.2, -0.15) is 0 Å². The first-order valence-corrected chi connectivity index (χ1v) is 10.4. The molecule has 4 fully saturated rings. The summed E-state index contributed by atoms with van der Waals surface area (Å²) in [6.07, 6.45) is 6.16. The van der Waals surface area contributed by atoms with Gasteiger partial charge in [0.15, 0.2) is 0 Å². The van der Waals surface area contributed by atoms with Crippen molar-refractivity contribution in [3.63, 3.8) is 0 Å². The Balaban J connectivity index is 1.25. The molecule has 0 radical (unpaired) electrons. The first-order valence-electron chi connectivity index (χ1n) is 10.4. The number of carbonyl (C=O) groups is 2. The van der Waals surface area contributed by atoms with Crippen LogP contribution in [0.3, 0.4) is 0 Å². The van der Waals surface area contributed by atoms with Crippen LogP contribution in [0.4, 0.5) is 5.69 Å². The van der Waals surface area contributed by atoms with Crippen molar-refractivity contribution in [3.05, 3.63) is 29.3 Å². The molecule has 6 heteroatoms. The highest BCUT2D eigenvalue weighted by molar-refractivity contribution is 5.84. The number of hydrazine groups is 1. The van der Waals surface area contributed by atoms with Gasteiger partial charge in [-0.15, -0.1) is 0 Å². The van der Waals surface area contributed by atoms with Crippen molar-refractivity contribution < 1.29 is 14.7 Å². The molecule has 1 aromatic rings. The third kappa shape index (κ3) is 4.02. The average Bonchev–Trinajstić information content (AvgIpc) is 2.56. The summed E-state index contributed by atoms with van der Waals surface area (Å²) in [5, 5.41) is 13.9. The minimum Gasteiger partial charge on any atom is -0.390 e. The Labute approximate surface area is 166 Å². The lowest BCUT2D eigenvalue weighted by Gasteiger charge is -2.60. The highest BCUT2D eigenvalue weighted by atomic mass is 16.3. The van der Waals surface area contributed by atoms with E-state index in [0.29, 0.717) is 18.3 Å². The molecule has 152 valence electrons. The van der Waals surface area contributed by atoms with E-state index in [-0.39, 0.29) is 23.8 Å². The third-order valence-corrected chi connectivity index (χ3v) is 6.85. The summed E-state index contributed by atoms with van der Waals surface area (Å²) in [5.74, 6) is 0.661. The number of benzene rings is 1. The predicted molar refractivity (Wildman–Crippen MR) is 107 cm³/mol. The zero-order chi connectivity index (χ0) is 19.9. The summed E-state index contributed by atoms with van der Waals surface area (Å²) in [6, 6.07) is 6.00. The molecular weight excluding hydrogens is 354 g/mol. The van der Waals surface area contributed by atoms with Gasteiger partial charge >= 0.3 is 0 Å². The molecule has 0 aliphatic heterocycles. The topological polar surface area (TPSA) is 90.5 Å². The Morgan fingerprint density at radius 3 is 2.39 bits per heavy atom. The molecule has 4 N–H and O–H groups in total. The summed E-state index contributed by atoms with van der Waals surface area (Å²) in [5.41, 5.74) is 7.59. The number of aliphatic hydroxyl groups is 1. The number of hydrogen-bond donors (Lipinski definition) is 4. The number of amides is 2. The Bertz CT molecular complexity index is 777. The van der Waals surface area contributed by atoms with Crippen LogP contribution in [-0.2, 0) is 9.59 Å². The van der Waals surface area contributed by atoms with Crippen molar-refractivity contribution in [2.45, 2.75) is 64.4 Å². The molecule has 0 aromatic heterocycles. The van der Waals surface area contributed by atoms with Gasteiger partial charge in [0.05, 0.1) is 12.1 Å². The van der Waals surface area contributed by atoms with Crippen LogP contribution in [0.1, 0.15) is 56.1 Å². The molecule has 1 aromatic carbocycles. The monoisotopic (exact) mass is 385 g/mol. The smallest absolute Gasteiger partial charge is 0.257 e. The third-order valence-electron chi connectivity index (χ3n) is 6.85. The van der Waals surface area contributed by atoms with Gasteiger partial charge in [-0.25, -0.2) is 0 Å². The van der Waals surface area contributed by atoms with E-state index >= 15 is 0 Å². The lowest BCUT2D eigenvalue weighted by Crippen LogP contribution is -2.57. The van der Waals surface area contributed by atoms with Crippen molar-refractivity contribution in [2.75, 3.05) is 11.9 Å². The molecule has 4 saturated carbocycles. The standard InChI is InChI=1S/C22H31N3O3/c1-14-3-4-18(15(2)5-14)23-12-20(27)25-24-19(26)11-21-7-16-6-17(8-21)10-22(28,9-16)13-21/h3-5,16-17,23,28H,6-13H2,1-2H3,(H,24,26)(H,25,27)/t16-,17+,21?,22?. The number of aryl methyl sites for hydroxylation is 2. The van der Waals surface area contributed by atoms with Gasteiger partial charge < -0.3 is 10.4 Å². The summed E-state index contributed by atoms with van der Waals surface area (Å²) in [4.78, 5) is 24.6. The molecule has 6 nitrogen and oxygen atoms in total. The van der Waals surface area contributed by atoms with Gasteiger partial charge in [-0.3, -0.25) is 20.4 Å². The number of rotatable bonds is 5. The second-order valence-electron chi connectivity index (χ2n) is 9.63. The van der Waals surface area contributed by atoms with Crippen LogP contribution in [0.25, 0.3) is 0 Å². The Kier molecular flexibility index (Phi) is 4.86. The quantitative estimate of drug-likeness (QED) is 0.587. The van der Waals surface area contributed by atoms with E-state index in [1.165, 1.54) is 12.0 Å². The molecule has 0 heterocycles. The van der Waals surface area contributed by atoms with E-state index in [2.05, 4.69) is 22.2 Å². The maximum absolute atomic E-state index is 12.5. The lowest BCUT2D eigenvalue weighted by molar-refractivity contribution is -0.169. The minimum atomic E-state index is -0.566. The number of anilines is 1. The molecule has 28 heavy (non-hydrogen) atoms. The lowest BCUT2D eigenvalue weighted by atomic mass is 9.47. The van der Waals surface area contributed by atoms with E-state index in [1.807, 2.05) is 26.0 Å². The molecule has 4 aliphatic rings. The van der Waals surface area contributed by atoms with Crippen molar-refractivity contribution in [1.29, 1.82) is 0 Å². The van der Waals surface area contributed by atoms with Crippen molar-refractivity contribution in [1.82, 2.24) is 10.9 Å². The Hall–Kier alpha value is -2.08. The van der Waals surface area contributed by atoms with E-state index < -0.39 is 5.60 Å². The van der Waals surface area contributed by atoms with Crippen molar-refractivity contribution in [3.8, 4) is 0 Å². The Morgan fingerprint density at radius 1 is 1.07 bits per heavy atom. The fourth-order valence-electron chi connectivity index (χ4n) is 6.36. The van der Waals surface area contributed by atoms with Crippen LogP contribution in [-0.4, -0.2) is 29.1 Å². The van der Waals surface area contributed by atoms with Gasteiger partial charge in [0.1, 0.15) is 0 Å². The Morgan fingerprint density at radius 2 is 1.75 bits per heavy atom. The van der Waals surface area contributed by atoms with Gasteiger partial charge in [-0.1, -0.05) is 17.7 Å². The number of hydrogen-bond acceptors (Lipinski definition) is 4. The van der Waals surface area contributed by atoms with Crippen molar-refractivity contribution >= 4 is 17.5 Å². The molecule has 5 rings (SSSR count). The minimum absolute atomic E-state index is 0.0924. The molecule has 4 atom stereocenters.